The molecule has 0 aliphatic carbocycles. The molecule has 0 heterocycles. The summed E-state index contributed by atoms with van der Waals surface area (Å²) in [5.74, 6) is 0. The number of nitrogens with zero attached hydrogens (tertiary/aromatic N) is 1. The van der Waals surface area contributed by atoms with E-state index in [1.54, 1.807) is 6.07 Å². The van der Waals surface area contributed by atoms with Crippen LogP contribution in [0.25, 0.3) is 0 Å². The number of para-hydroxylation sites is 1. The van der Waals surface area contributed by atoms with Gasteiger partial charge in [0.1, 0.15) is 0 Å². The van der Waals surface area contributed by atoms with E-state index in [1.165, 1.54) is 11.4 Å². The van der Waals surface area contributed by atoms with Crippen LogP contribution in [0.1, 0.15) is 18.9 Å². The third-order valence-corrected chi connectivity index (χ3v) is 3.91. The zero-order chi connectivity index (χ0) is 12.9. The molecule has 0 bridgehead atoms. The second-order valence-corrected chi connectivity index (χ2v) is 5.72. The summed E-state index contributed by atoms with van der Waals surface area (Å²) in [6.45, 7) is 2.63. The number of nitrogens with one attached hydrogen (secondary N) is 1. The quantitative estimate of drug-likeness (QED) is 0.745. The highest BCUT2D eigenvalue weighted by Gasteiger charge is 2.17. The lowest BCUT2D eigenvalue weighted by Crippen LogP contribution is -2.38. The molecule has 0 amide bonds. The van der Waals surface area contributed by atoms with Crippen LogP contribution in [0.3, 0.4) is 0 Å². The van der Waals surface area contributed by atoms with Gasteiger partial charge in [-0.25, -0.2) is 4.72 Å². The molecule has 0 unspecified atom stereocenters. The Balaban J connectivity index is 2.72. The van der Waals surface area contributed by atoms with Crippen molar-refractivity contribution in [1.29, 1.82) is 0 Å². The number of anilines is 1. The summed E-state index contributed by atoms with van der Waals surface area (Å²) in [6, 6.07) is 7.24. The highest BCUT2D eigenvalue weighted by molar-refractivity contribution is 7.87. The maximum absolute atomic E-state index is 11.8. The molecular formula is C11H19N3O2S. The SMILES string of the molecule is CCCNS(=O)(=O)N(C)Cc1ccccc1N. The minimum atomic E-state index is -3.41. The first kappa shape index (κ1) is 14.0. The number of hydrogen-bond acceptors (Lipinski definition) is 3. The third kappa shape index (κ3) is 3.99. The van der Waals surface area contributed by atoms with Gasteiger partial charge in [-0.2, -0.15) is 12.7 Å². The first-order valence-electron chi connectivity index (χ1n) is 5.51. The molecule has 0 atom stereocenters. The normalized spacial score (nSPS) is 11.9. The maximum atomic E-state index is 11.8. The monoisotopic (exact) mass is 257 g/mol. The Morgan fingerprint density at radius 1 is 1.35 bits per heavy atom. The summed E-state index contributed by atoms with van der Waals surface area (Å²) in [7, 11) is -1.88. The number of nitrogens with two attached hydrogens (primary N) is 1. The highest BCUT2D eigenvalue weighted by atomic mass is 32.2. The molecule has 0 radical (unpaired) electrons. The Bertz CT molecular complexity index is 460. The van der Waals surface area contributed by atoms with Crippen LogP contribution in [-0.2, 0) is 16.8 Å². The maximum Gasteiger partial charge on any atom is 0.279 e. The molecule has 96 valence electrons. The van der Waals surface area contributed by atoms with E-state index < -0.39 is 10.2 Å². The molecule has 17 heavy (non-hydrogen) atoms. The average Bonchev–Trinajstić information content (AvgIpc) is 2.29. The van der Waals surface area contributed by atoms with Gasteiger partial charge >= 0.3 is 0 Å². The van der Waals surface area contributed by atoms with Crippen molar-refractivity contribution in [3.05, 3.63) is 29.8 Å². The molecule has 0 aliphatic heterocycles. The standard InChI is InChI=1S/C11H19N3O2S/c1-3-8-13-17(15,16)14(2)9-10-6-4-5-7-11(10)12/h4-7,13H,3,8-9,12H2,1-2H3. The zero-order valence-corrected chi connectivity index (χ0v) is 11.0. The number of nitrogen functional groups attached to an aromatic ring is 1. The van der Waals surface area contributed by atoms with Crippen LogP contribution in [-0.4, -0.2) is 26.3 Å². The van der Waals surface area contributed by atoms with E-state index >= 15 is 0 Å². The Hall–Kier alpha value is -1.11. The summed E-state index contributed by atoms with van der Waals surface area (Å²) in [4.78, 5) is 0. The van der Waals surface area contributed by atoms with E-state index in [0.29, 0.717) is 12.2 Å². The first-order valence-corrected chi connectivity index (χ1v) is 6.95. The van der Waals surface area contributed by atoms with Gasteiger partial charge in [0.25, 0.3) is 10.2 Å². The van der Waals surface area contributed by atoms with Crippen LogP contribution in [0.2, 0.25) is 0 Å². The van der Waals surface area contributed by atoms with E-state index in [9.17, 15) is 8.42 Å². The average molecular weight is 257 g/mol. The topological polar surface area (TPSA) is 75.4 Å². The van der Waals surface area contributed by atoms with Gasteiger partial charge in [-0.15, -0.1) is 0 Å². The fourth-order valence-electron chi connectivity index (χ4n) is 1.34. The van der Waals surface area contributed by atoms with E-state index in [0.717, 1.165) is 12.0 Å². The van der Waals surface area contributed by atoms with E-state index in [1.807, 2.05) is 25.1 Å². The van der Waals surface area contributed by atoms with Crippen molar-refractivity contribution < 1.29 is 8.42 Å². The van der Waals surface area contributed by atoms with Gasteiger partial charge in [0.05, 0.1) is 0 Å². The van der Waals surface area contributed by atoms with Crippen molar-refractivity contribution in [1.82, 2.24) is 9.03 Å². The van der Waals surface area contributed by atoms with Gasteiger partial charge in [0, 0.05) is 25.8 Å². The van der Waals surface area contributed by atoms with Crippen LogP contribution in [0, 0.1) is 0 Å². The van der Waals surface area contributed by atoms with Crippen LogP contribution < -0.4 is 10.5 Å². The molecule has 5 nitrogen and oxygen atoms in total. The molecule has 3 N–H and O–H groups in total. The van der Waals surface area contributed by atoms with Crippen LogP contribution >= 0.6 is 0 Å². The first-order chi connectivity index (χ1) is 7.97. The van der Waals surface area contributed by atoms with Crippen molar-refractivity contribution in [3.63, 3.8) is 0 Å². The Labute approximate surface area is 103 Å². The summed E-state index contributed by atoms with van der Waals surface area (Å²) >= 11 is 0. The fraction of sp³-hybridized carbons (Fsp3) is 0.455. The summed E-state index contributed by atoms with van der Waals surface area (Å²) in [6.07, 6.45) is 0.764. The molecule has 0 aromatic heterocycles. The van der Waals surface area contributed by atoms with Gasteiger partial charge in [0.15, 0.2) is 0 Å². The predicted molar refractivity (Wildman–Crippen MR) is 69.5 cm³/mol. The summed E-state index contributed by atoms with van der Waals surface area (Å²) in [5.41, 5.74) is 7.17. The van der Waals surface area contributed by atoms with Crippen molar-refractivity contribution in [3.8, 4) is 0 Å². The highest BCUT2D eigenvalue weighted by Crippen LogP contribution is 2.13. The second-order valence-electron chi connectivity index (χ2n) is 3.85. The van der Waals surface area contributed by atoms with Gasteiger partial charge in [-0.1, -0.05) is 25.1 Å². The Morgan fingerprint density at radius 3 is 2.59 bits per heavy atom. The minimum Gasteiger partial charge on any atom is -0.398 e. The predicted octanol–water partition coefficient (Wildman–Crippen LogP) is 0.945. The molecule has 0 spiro atoms. The number of benzene rings is 1. The molecule has 1 aromatic rings. The lowest BCUT2D eigenvalue weighted by molar-refractivity contribution is 0.455. The molecule has 0 saturated carbocycles. The van der Waals surface area contributed by atoms with Gasteiger partial charge < -0.3 is 5.73 Å². The molecule has 0 aliphatic rings. The smallest absolute Gasteiger partial charge is 0.279 e. The molecule has 1 aromatic carbocycles. The van der Waals surface area contributed by atoms with Gasteiger partial charge in [-0.3, -0.25) is 0 Å². The van der Waals surface area contributed by atoms with Crippen molar-refractivity contribution in [2.24, 2.45) is 0 Å². The van der Waals surface area contributed by atoms with Crippen molar-refractivity contribution in [2.45, 2.75) is 19.9 Å². The minimum absolute atomic E-state index is 0.270. The second kappa shape index (κ2) is 6.00. The zero-order valence-electron chi connectivity index (χ0n) is 10.2. The molecule has 6 heteroatoms. The van der Waals surface area contributed by atoms with Crippen molar-refractivity contribution in [2.75, 3.05) is 19.3 Å². The van der Waals surface area contributed by atoms with Gasteiger partial charge in [0.2, 0.25) is 0 Å². The Kier molecular flexibility index (Phi) is 4.92. The molecule has 0 fully saturated rings. The van der Waals surface area contributed by atoms with E-state index in [4.69, 9.17) is 5.73 Å². The Morgan fingerprint density at radius 2 is 2.00 bits per heavy atom. The number of rotatable bonds is 6. The van der Waals surface area contributed by atoms with E-state index in [-0.39, 0.29) is 6.54 Å². The third-order valence-electron chi connectivity index (χ3n) is 2.39. The fourth-order valence-corrected chi connectivity index (χ4v) is 2.34. The van der Waals surface area contributed by atoms with Crippen molar-refractivity contribution >= 4 is 15.9 Å². The summed E-state index contributed by atoms with van der Waals surface area (Å²) in [5, 5.41) is 0. The van der Waals surface area contributed by atoms with E-state index in [2.05, 4.69) is 4.72 Å². The molecular weight excluding hydrogens is 238 g/mol. The molecule has 1 rings (SSSR count). The lowest BCUT2D eigenvalue weighted by Gasteiger charge is -2.18. The van der Waals surface area contributed by atoms with Gasteiger partial charge in [-0.05, 0) is 18.1 Å². The van der Waals surface area contributed by atoms with Crippen LogP contribution in [0.15, 0.2) is 24.3 Å². The largest absolute Gasteiger partial charge is 0.398 e. The summed E-state index contributed by atoms with van der Waals surface area (Å²) < 4.78 is 27.3. The number of hydrogen-bond donors (Lipinski definition) is 2. The molecule has 0 saturated heterocycles. The lowest BCUT2D eigenvalue weighted by atomic mass is 10.2. The van der Waals surface area contributed by atoms with Crippen LogP contribution in [0.5, 0.6) is 0 Å². The van der Waals surface area contributed by atoms with Crippen LogP contribution in [0.4, 0.5) is 5.69 Å².